The summed E-state index contributed by atoms with van der Waals surface area (Å²) in [7, 11) is 1.30. The number of aliphatic hydroxyl groups is 2. The first-order valence-corrected chi connectivity index (χ1v) is 13.9. The number of rotatable bonds is 5. The van der Waals surface area contributed by atoms with E-state index < -0.39 is 45.8 Å². The highest BCUT2D eigenvalue weighted by Crippen LogP contribution is 2.71. The van der Waals surface area contributed by atoms with E-state index in [4.69, 9.17) is 4.74 Å². The molecule has 2 saturated carbocycles. The fourth-order valence-corrected chi connectivity index (χ4v) is 8.97. The van der Waals surface area contributed by atoms with Gasteiger partial charge in [0.1, 0.15) is 5.78 Å². The van der Waals surface area contributed by atoms with Crippen LogP contribution in [0.3, 0.4) is 0 Å². The summed E-state index contributed by atoms with van der Waals surface area (Å²) >= 11 is 0. The van der Waals surface area contributed by atoms with Crippen molar-refractivity contribution in [1.82, 2.24) is 0 Å². The lowest BCUT2D eigenvalue weighted by atomic mass is 9.42. The van der Waals surface area contributed by atoms with Crippen LogP contribution >= 0.6 is 0 Å². The molecule has 0 aromatic rings. The number of aliphatic hydroxyl groups excluding tert-OH is 2. The van der Waals surface area contributed by atoms with E-state index in [-0.39, 0.29) is 42.0 Å². The number of ether oxygens (including phenoxy) is 1. The van der Waals surface area contributed by atoms with Crippen molar-refractivity contribution in [3.63, 3.8) is 0 Å². The molecule has 7 nitrogen and oxygen atoms in total. The van der Waals surface area contributed by atoms with E-state index in [9.17, 15) is 29.4 Å². The monoisotopic (exact) mass is 528 g/mol. The topological polar surface area (TPSA) is 118 Å². The van der Waals surface area contributed by atoms with Crippen molar-refractivity contribution in [2.45, 2.75) is 99.2 Å². The van der Waals surface area contributed by atoms with Crippen LogP contribution in [0.2, 0.25) is 0 Å². The molecule has 2 fully saturated rings. The molecule has 4 aliphatic rings. The quantitative estimate of drug-likeness (QED) is 0.407. The number of ketones is 3. The highest BCUT2D eigenvalue weighted by molar-refractivity contribution is 6.01. The van der Waals surface area contributed by atoms with Crippen LogP contribution in [0.4, 0.5) is 0 Å². The second kappa shape index (κ2) is 9.22. The zero-order valence-electron chi connectivity index (χ0n) is 24.1. The lowest BCUT2D eigenvalue weighted by Gasteiger charge is -2.61. The van der Waals surface area contributed by atoms with Gasteiger partial charge in [0.25, 0.3) is 0 Å². The highest BCUT2D eigenvalue weighted by Gasteiger charge is 2.69. The second-order valence-electron chi connectivity index (χ2n) is 13.7. The standard InChI is InChI=1S/C31H44O7/c1-16(11-18(32)12-17(2)27(37)38-8)19-13-24(36)31(7)26-20(33)14-22-28(3,4)23(35)9-10-29(22,5)25(26)21(34)15-30(19,31)6/h11,17,19-20,22,24,33,36H,9-10,12-15H2,1-8H3/b16-11+/t17?,19-,20+,22?,24-,29+,30-,31+/m1/s1. The first-order valence-electron chi connectivity index (χ1n) is 13.9. The van der Waals surface area contributed by atoms with Gasteiger partial charge >= 0.3 is 5.97 Å². The molecule has 0 aromatic carbocycles. The molecular weight excluding hydrogens is 484 g/mol. The third-order valence-corrected chi connectivity index (χ3v) is 11.4. The summed E-state index contributed by atoms with van der Waals surface area (Å²) in [6.45, 7) is 13.4. The Balaban J connectivity index is 1.77. The van der Waals surface area contributed by atoms with Gasteiger partial charge in [0, 0.05) is 41.1 Å². The van der Waals surface area contributed by atoms with Gasteiger partial charge in [-0.15, -0.1) is 0 Å². The molecule has 38 heavy (non-hydrogen) atoms. The van der Waals surface area contributed by atoms with Gasteiger partial charge in [0.15, 0.2) is 11.6 Å². The fraction of sp³-hybridized carbons (Fsp3) is 0.742. The molecule has 0 aliphatic heterocycles. The Kier molecular flexibility index (Phi) is 7.01. The van der Waals surface area contributed by atoms with Crippen molar-refractivity contribution in [2.24, 2.45) is 39.4 Å². The predicted octanol–water partition coefficient (Wildman–Crippen LogP) is 4.14. The maximum absolute atomic E-state index is 14.1. The van der Waals surface area contributed by atoms with E-state index in [1.54, 1.807) is 13.0 Å². The number of carbonyl (C=O) groups is 4. The molecule has 0 aromatic heterocycles. The highest BCUT2D eigenvalue weighted by atomic mass is 16.5. The average molecular weight is 529 g/mol. The normalized spacial score (nSPS) is 41.3. The number of allylic oxidation sites excluding steroid dienone is 3. The van der Waals surface area contributed by atoms with Crippen molar-refractivity contribution >= 4 is 23.3 Å². The summed E-state index contributed by atoms with van der Waals surface area (Å²) < 4.78 is 4.74. The molecular formula is C31H44O7. The second-order valence-corrected chi connectivity index (χ2v) is 13.7. The van der Waals surface area contributed by atoms with Crippen LogP contribution in [0.5, 0.6) is 0 Å². The van der Waals surface area contributed by atoms with Gasteiger partial charge in [0.2, 0.25) is 0 Å². The molecule has 0 spiro atoms. The molecule has 210 valence electrons. The van der Waals surface area contributed by atoms with E-state index in [2.05, 4.69) is 6.92 Å². The Labute approximate surface area is 226 Å². The van der Waals surface area contributed by atoms with Crippen LogP contribution in [0.1, 0.15) is 87.0 Å². The first-order chi connectivity index (χ1) is 17.5. The largest absolute Gasteiger partial charge is 0.469 e. The summed E-state index contributed by atoms with van der Waals surface area (Å²) in [5, 5.41) is 23.3. The minimum Gasteiger partial charge on any atom is -0.469 e. The van der Waals surface area contributed by atoms with Crippen LogP contribution in [0.15, 0.2) is 22.8 Å². The number of hydrogen-bond acceptors (Lipinski definition) is 7. The van der Waals surface area contributed by atoms with Crippen LogP contribution in [0, 0.1) is 39.4 Å². The van der Waals surface area contributed by atoms with E-state index in [1.807, 2.05) is 34.6 Å². The molecule has 0 radical (unpaired) electrons. The molecule has 8 atom stereocenters. The lowest BCUT2D eigenvalue weighted by Crippen LogP contribution is -2.60. The van der Waals surface area contributed by atoms with Crippen LogP contribution in [-0.2, 0) is 23.9 Å². The Hall–Kier alpha value is -2.12. The van der Waals surface area contributed by atoms with Crippen LogP contribution in [0.25, 0.3) is 0 Å². The summed E-state index contributed by atoms with van der Waals surface area (Å²) in [6, 6.07) is 0. The van der Waals surface area contributed by atoms with Gasteiger partial charge in [-0.05, 0) is 55.1 Å². The van der Waals surface area contributed by atoms with E-state index in [1.165, 1.54) is 7.11 Å². The number of carbonyl (C=O) groups excluding carboxylic acids is 4. The van der Waals surface area contributed by atoms with Crippen molar-refractivity contribution in [1.29, 1.82) is 0 Å². The molecule has 7 heteroatoms. The van der Waals surface area contributed by atoms with Crippen molar-refractivity contribution in [2.75, 3.05) is 7.11 Å². The van der Waals surface area contributed by atoms with Gasteiger partial charge in [-0.1, -0.05) is 47.1 Å². The molecule has 0 heterocycles. The molecule has 2 N–H and O–H groups in total. The van der Waals surface area contributed by atoms with Gasteiger partial charge in [-0.3, -0.25) is 19.2 Å². The minimum atomic E-state index is -0.929. The zero-order chi connectivity index (χ0) is 28.6. The summed E-state index contributed by atoms with van der Waals surface area (Å²) in [5.74, 6) is -1.46. The SMILES string of the molecule is COC(=O)C(C)CC(=O)/C=C(\C)[C@H]1C[C@@H](O)[C@@]2(C)C3=C(C(=O)C[C@]12C)[C@@]1(C)CCC(=O)C(C)(C)C1C[C@@H]3O. The van der Waals surface area contributed by atoms with Crippen LogP contribution in [-0.4, -0.2) is 52.8 Å². The Bertz CT molecular complexity index is 1140. The third kappa shape index (κ3) is 3.82. The van der Waals surface area contributed by atoms with E-state index >= 15 is 0 Å². The summed E-state index contributed by atoms with van der Waals surface area (Å²) in [4.78, 5) is 51.5. The lowest BCUT2D eigenvalue weighted by molar-refractivity contribution is -0.146. The predicted molar refractivity (Wildman–Crippen MR) is 142 cm³/mol. The first kappa shape index (κ1) is 28.9. The summed E-state index contributed by atoms with van der Waals surface area (Å²) in [6.07, 6.45) is 1.74. The van der Waals surface area contributed by atoms with E-state index in [0.717, 1.165) is 5.57 Å². The Morgan fingerprint density at radius 3 is 2.34 bits per heavy atom. The van der Waals surface area contributed by atoms with Crippen molar-refractivity contribution in [3.05, 3.63) is 22.8 Å². The number of fused-ring (bicyclic) bond motifs is 4. The zero-order valence-corrected chi connectivity index (χ0v) is 24.1. The maximum Gasteiger partial charge on any atom is 0.308 e. The number of methoxy groups -OCH3 is 1. The Morgan fingerprint density at radius 2 is 1.74 bits per heavy atom. The fourth-order valence-electron chi connectivity index (χ4n) is 8.97. The van der Waals surface area contributed by atoms with Gasteiger partial charge < -0.3 is 14.9 Å². The molecule has 0 bridgehead atoms. The molecule has 0 saturated heterocycles. The number of hydrogen-bond donors (Lipinski definition) is 2. The number of Topliss-reactive ketones (excluding diaryl/α,β-unsaturated/α-hetero) is 2. The smallest absolute Gasteiger partial charge is 0.308 e. The average Bonchev–Trinajstić information content (AvgIpc) is 3.03. The van der Waals surface area contributed by atoms with Crippen LogP contribution < -0.4 is 0 Å². The third-order valence-electron chi connectivity index (χ3n) is 11.4. The molecule has 4 rings (SSSR count). The number of esters is 1. The van der Waals surface area contributed by atoms with Gasteiger partial charge in [-0.25, -0.2) is 0 Å². The minimum absolute atomic E-state index is 0.0195. The van der Waals surface area contributed by atoms with Gasteiger partial charge in [0.05, 0.1) is 25.2 Å². The Morgan fingerprint density at radius 1 is 1.11 bits per heavy atom. The van der Waals surface area contributed by atoms with Crippen molar-refractivity contribution in [3.8, 4) is 0 Å². The van der Waals surface area contributed by atoms with Gasteiger partial charge in [-0.2, -0.15) is 0 Å². The molecule has 2 unspecified atom stereocenters. The maximum atomic E-state index is 14.1. The molecule has 0 amide bonds. The van der Waals surface area contributed by atoms with E-state index in [0.29, 0.717) is 36.8 Å². The summed E-state index contributed by atoms with van der Waals surface area (Å²) in [5.41, 5.74) is -0.714. The molecule has 4 aliphatic carbocycles. The van der Waals surface area contributed by atoms with Crippen molar-refractivity contribution < 1.29 is 34.1 Å².